The number of esters is 1. The first kappa shape index (κ1) is 22.1. The van der Waals surface area contributed by atoms with Crippen LogP contribution in [0.15, 0.2) is 12.2 Å². The van der Waals surface area contributed by atoms with E-state index in [9.17, 15) is 4.79 Å². The van der Waals surface area contributed by atoms with Crippen molar-refractivity contribution in [2.45, 2.75) is 84.0 Å². The van der Waals surface area contributed by atoms with Crippen LogP contribution in [0.3, 0.4) is 0 Å². The maximum absolute atomic E-state index is 11.7. The van der Waals surface area contributed by atoms with Crippen LogP contribution >= 0.6 is 0 Å². The summed E-state index contributed by atoms with van der Waals surface area (Å²) in [6, 6.07) is 0. The van der Waals surface area contributed by atoms with E-state index in [2.05, 4.69) is 26.8 Å². The van der Waals surface area contributed by atoms with Gasteiger partial charge in [-0.1, -0.05) is 58.6 Å². The van der Waals surface area contributed by atoms with Crippen LogP contribution in [0.1, 0.15) is 65.7 Å². The smallest absolute Gasteiger partial charge is 0.320 e. The van der Waals surface area contributed by atoms with Gasteiger partial charge in [0.2, 0.25) is 0 Å². The topological polar surface area (TPSA) is 70.8 Å². The molecule has 0 unspecified atom stereocenters. The first-order valence-corrected chi connectivity index (χ1v) is 9.93. The molecule has 5 nitrogen and oxygen atoms in total. The highest BCUT2D eigenvalue weighted by Gasteiger charge is 2.40. The zero-order chi connectivity index (χ0) is 18.5. The summed E-state index contributed by atoms with van der Waals surface area (Å²) in [4.78, 5) is 11.7. The quantitative estimate of drug-likeness (QED) is 0.329. The van der Waals surface area contributed by atoms with E-state index in [1.807, 2.05) is 6.08 Å². The molecule has 0 radical (unpaired) electrons. The Hall–Kier alpha value is -0.910. The number of allylic oxidation sites excluding steroid dienone is 1. The average Bonchev–Trinajstić information content (AvgIpc) is 2.62. The molecule has 0 bridgehead atoms. The minimum absolute atomic E-state index is 0.126. The van der Waals surface area contributed by atoms with Crippen molar-refractivity contribution in [3.63, 3.8) is 0 Å². The highest BCUT2D eigenvalue weighted by Crippen LogP contribution is 2.27. The number of hydrogen-bond acceptors (Lipinski definition) is 5. The standard InChI is InChI=1S/C20H37NO4/c1-4-6-7-8-9-10-11-12-17-20(25-18(22)14-21)19(23-13-5-2)16(3)15-24-17/h11-12,16-17,19-20H,4-10,13-15,21H2,1-3H3/b12-11-/t16-,17-,19-,20+/m0/s1. The van der Waals surface area contributed by atoms with E-state index in [4.69, 9.17) is 19.9 Å². The molecular weight excluding hydrogens is 318 g/mol. The first-order chi connectivity index (χ1) is 12.1. The van der Waals surface area contributed by atoms with Gasteiger partial charge in [0, 0.05) is 12.5 Å². The van der Waals surface area contributed by atoms with Crippen LogP contribution in [0.5, 0.6) is 0 Å². The molecule has 1 aliphatic rings. The highest BCUT2D eigenvalue weighted by atomic mass is 16.6. The molecule has 25 heavy (non-hydrogen) atoms. The van der Waals surface area contributed by atoms with E-state index >= 15 is 0 Å². The molecule has 4 atom stereocenters. The number of hydrogen-bond donors (Lipinski definition) is 1. The molecule has 0 spiro atoms. The van der Waals surface area contributed by atoms with Gasteiger partial charge in [0.05, 0.1) is 13.2 Å². The zero-order valence-corrected chi connectivity index (χ0v) is 16.2. The van der Waals surface area contributed by atoms with Gasteiger partial charge in [0.25, 0.3) is 0 Å². The van der Waals surface area contributed by atoms with Gasteiger partial charge in [-0.3, -0.25) is 4.79 Å². The Kier molecular flexibility index (Phi) is 11.8. The molecule has 1 fully saturated rings. The van der Waals surface area contributed by atoms with Crippen LogP contribution in [0, 0.1) is 5.92 Å². The number of carbonyl (C=O) groups excluding carboxylic acids is 1. The monoisotopic (exact) mass is 355 g/mol. The maximum Gasteiger partial charge on any atom is 0.320 e. The molecule has 0 aromatic rings. The second kappa shape index (κ2) is 13.3. The van der Waals surface area contributed by atoms with Crippen molar-refractivity contribution in [1.29, 1.82) is 0 Å². The fourth-order valence-corrected chi connectivity index (χ4v) is 3.07. The Bertz CT molecular complexity index is 386. The van der Waals surface area contributed by atoms with Crippen LogP contribution in [0.4, 0.5) is 0 Å². The lowest BCUT2D eigenvalue weighted by Crippen LogP contribution is -2.52. The number of ether oxygens (including phenoxy) is 3. The second-order valence-corrected chi connectivity index (χ2v) is 6.90. The van der Waals surface area contributed by atoms with Gasteiger partial charge in [0.1, 0.15) is 12.2 Å². The van der Waals surface area contributed by atoms with E-state index in [-0.39, 0.29) is 24.7 Å². The summed E-state index contributed by atoms with van der Waals surface area (Å²) in [7, 11) is 0. The normalized spacial score (nSPS) is 26.9. The lowest BCUT2D eigenvalue weighted by atomic mass is 9.92. The summed E-state index contributed by atoms with van der Waals surface area (Å²) in [5.74, 6) is -0.230. The molecular formula is C20H37NO4. The summed E-state index contributed by atoms with van der Waals surface area (Å²) in [5.41, 5.74) is 5.42. The van der Waals surface area contributed by atoms with E-state index in [1.165, 1.54) is 32.1 Å². The largest absolute Gasteiger partial charge is 0.455 e. The SMILES string of the molecule is CCCCCCC/C=C\[C@@H]1OC[C@H](C)[C@H](OCCC)[C@@H]1OC(=O)CN. The minimum atomic E-state index is -0.428. The highest BCUT2D eigenvalue weighted by molar-refractivity contribution is 5.71. The van der Waals surface area contributed by atoms with Crippen molar-refractivity contribution in [3.05, 3.63) is 12.2 Å². The maximum atomic E-state index is 11.7. The fourth-order valence-electron chi connectivity index (χ4n) is 3.07. The zero-order valence-electron chi connectivity index (χ0n) is 16.2. The molecule has 0 aromatic carbocycles. The third-order valence-electron chi connectivity index (χ3n) is 4.51. The van der Waals surface area contributed by atoms with Gasteiger partial charge in [0.15, 0.2) is 6.10 Å². The average molecular weight is 356 g/mol. The predicted molar refractivity (Wildman–Crippen MR) is 100 cm³/mol. The number of rotatable bonds is 12. The number of carbonyl (C=O) groups is 1. The van der Waals surface area contributed by atoms with Crippen molar-refractivity contribution >= 4 is 5.97 Å². The van der Waals surface area contributed by atoms with Gasteiger partial charge < -0.3 is 19.9 Å². The molecule has 2 N–H and O–H groups in total. The van der Waals surface area contributed by atoms with Crippen molar-refractivity contribution in [1.82, 2.24) is 0 Å². The molecule has 1 heterocycles. The van der Waals surface area contributed by atoms with Gasteiger partial charge in [-0.05, 0) is 19.3 Å². The molecule has 0 saturated carbocycles. The van der Waals surface area contributed by atoms with Crippen LogP contribution in [0.2, 0.25) is 0 Å². The van der Waals surface area contributed by atoms with Gasteiger partial charge in [-0.15, -0.1) is 0 Å². The Balaban J connectivity index is 2.61. The van der Waals surface area contributed by atoms with E-state index in [0.717, 1.165) is 12.8 Å². The Morgan fingerprint density at radius 2 is 1.92 bits per heavy atom. The van der Waals surface area contributed by atoms with E-state index in [0.29, 0.717) is 13.2 Å². The molecule has 1 saturated heterocycles. The van der Waals surface area contributed by atoms with Gasteiger partial charge in [-0.2, -0.15) is 0 Å². The summed E-state index contributed by atoms with van der Waals surface area (Å²) in [6.07, 6.45) is 11.6. The predicted octanol–water partition coefficient (Wildman–Crippen LogP) is 3.60. The third-order valence-corrected chi connectivity index (χ3v) is 4.51. The van der Waals surface area contributed by atoms with Crippen molar-refractivity contribution in [2.24, 2.45) is 11.7 Å². The van der Waals surface area contributed by atoms with Crippen LogP contribution in [-0.2, 0) is 19.0 Å². The van der Waals surface area contributed by atoms with Crippen LogP contribution in [0.25, 0.3) is 0 Å². The van der Waals surface area contributed by atoms with Crippen LogP contribution < -0.4 is 5.73 Å². The van der Waals surface area contributed by atoms with Crippen LogP contribution in [-0.4, -0.2) is 44.0 Å². The molecule has 5 heteroatoms. The number of unbranched alkanes of at least 4 members (excludes halogenated alkanes) is 5. The third kappa shape index (κ3) is 8.34. The molecule has 146 valence electrons. The van der Waals surface area contributed by atoms with Gasteiger partial charge >= 0.3 is 5.97 Å². The van der Waals surface area contributed by atoms with E-state index in [1.54, 1.807) is 0 Å². The first-order valence-electron chi connectivity index (χ1n) is 9.93. The molecule has 1 rings (SSSR count). The second-order valence-electron chi connectivity index (χ2n) is 6.90. The Morgan fingerprint density at radius 1 is 1.16 bits per heavy atom. The van der Waals surface area contributed by atoms with E-state index < -0.39 is 12.1 Å². The Labute approximate surface area is 153 Å². The summed E-state index contributed by atoms with van der Waals surface area (Å²) >= 11 is 0. The minimum Gasteiger partial charge on any atom is -0.455 e. The summed E-state index contributed by atoms with van der Waals surface area (Å²) in [5, 5.41) is 0. The van der Waals surface area contributed by atoms with Gasteiger partial charge in [-0.25, -0.2) is 0 Å². The molecule has 0 aromatic heterocycles. The molecule has 0 amide bonds. The summed E-state index contributed by atoms with van der Waals surface area (Å²) < 4.78 is 17.5. The summed E-state index contributed by atoms with van der Waals surface area (Å²) in [6.45, 7) is 7.49. The lowest BCUT2D eigenvalue weighted by molar-refractivity contribution is -0.194. The molecule has 0 aliphatic carbocycles. The van der Waals surface area contributed by atoms with Crippen molar-refractivity contribution in [2.75, 3.05) is 19.8 Å². The fraction of sp³-hybridized carbons (Fsp3) is 0.850. The molecule has 1 aliphatic heterocycles. The Morgan fingerprint density at radius 3 is 2.60 bits per heavy atom. The number of nitrogens with two attached hydrogens (primary N) is 1. The van der Waals surface area contributed by atoms with Crippen molar-refractivity contribution < 1.29 is 19.0 Å². The van der Waals surface area contributed by atoms with Crippen molar-refractivity contribution in [3.8, 4) is 0 Å². The lowest BCUT2D eigenvalue weighted by Gasteiger charge is -2.39.